The van der Waals surface area contributed by atoms with E-state index in [1.165, 1.54) is 76.2 Å². The molecular formula is C41H56N3O2+. The van der Waals surface area contributed by atoms with Crippen molar-refractivity contribution in [3.63, 3.8) is 0 Å². The number of allylic oxidation sites excluding steroid dienone is 3. The highest BCUT2D eigenvalue weighted by Gasteiger charge is 2.28. The van der Waals surface area contributed by atoms with Gasteiger partial charge in [0.1, 0.15) is 5.75 Å². The third-order valence-corrected chi connectivity index (χ3v) is 8.88. The third-order valence-electron chi connectivity index (χ3n) is 8.88. The first kappa shape index (κ1) is 35.2. The van der Waals surface area contributed by atoms with Crippen molar-refractivity contribution in [1.29, 1.82) is 0 Å². The molecule has 0 aromatic heterocycles. The van der Waals surface area contributed by atoms with Crippen molar-refractivity contribution in [2.45, 2.75) is 130 Å². The van der Waals surface area contributed by atoms with E-state index in [2.05, 4.69) is 74.1 Å². The summed E-state index contributed by atoms with van der Waals surface area (Å²) in [5.41, 5.74) is 5.21. The molecule has 0 unspecified atom stereocenters. The number of aliphatic imine (C=N–C) groups is 1. The fourth-order valence-electron chi connectivity index (χ4n) is 6.12. The maximum atomic E-state index is 12.8. The fourth-order valence-corrected chi connectivity index (χ4v) is 6.12. The number of unbranched alkanes of at least 4 members (excludes halogenated alkanes) is 11. The minimum absolute atomic E-state index is 0.0196. The van der Waals surface area contributed by atoms with E-state index in [4.69, 9.17) is 4.74 Å². The van der Waals surface area contributed by atoms with Gasteiger partial charge in [0.05, 0.1) is 25.6 Å². The summed E-state index contributed by atoms with van der Waals surface area (Å²) in [5, 5.41) is 0. The second kappa shape index (κ2) is 17.9. The monoisotopic (exact) mass is 622 g/mol. The first-order valence-corrected chi connectivity index (χ1v) is 17.7. The van der Waals surface area contributed by atoms with Crippen LogP contribution in [0.2, 0.25) is 0 Å². The highest BCUT2D eigenvalue weighted by Crippen LogP contribution is 2.33. The number of nitrogens with zero attached hydrogens (tertiary/aromatic N) is 3. The summed E-state index contributed by atoms with van der Waals surface area (Å²) in [6, 6.07) is 14.7. The molecule has 0 saturated carbocycles. The van der Waals surface area contributed by atoms with Gasteiger partial charge in [0.15, 0.2) is 6.20 Å². The summed E-state index contributed by atoms with van der Waals surface area (Å²) < 4.78 is 6.34. The lowest BCUT2D eigenvalue weighted by atomic mass is 9.85. The number of fused-ring (bicyclic) bond motifs is 1. The normalized spacial score (nSPS) is 13.7. The molecule has 5 nitrogen and oxygen atoms in total. The average molecular weight is 623 g/mol. The van der Waals surface area contributed by atoms with Gasteiger partial charge in [-0.15, -0.1) is 0 Å². The van der Waals surface area contributed by atoms with Crippen molar-refractivity contribution in [2.24, 2.45) is 4.99 Å². The Balaban J connectivity index is 1.26. The Labute approximate surface area is 279 Å². The van der Waals surface area contributed by atoms with Gasteiger partial charge in [-0.3, -0.25) is 4.79 Å². The standard InChI is InChI=1S/C41H56N3O2/c1-6-7-8-9-10-11-12-13-14-15-16-19-28-46-39-26-23-35(29-38(39)41(3,4)5)32-44(33(2)45)36-24-21-34(22-25-36)30-40-42-31-37-20-17-18-27-43(37)40/h17-18,20-27,29H,6-16,19,28,30,32H2,1-5H3/q+1. The van der Waals surface area contributed by atoms with Crippen LogP contribution in [0, 0.1) is 6.20 Å². The van der Waals surface area contributed by atoms with Gasteiger partial charge < -0.3 is 9.64 Å². The second-order valence-corrected chi connectivity index (χ2v) is 13.9. The van der Waals surface area contributed by atoms with Crippen LogP contribution in [0.15, 0.2) is 77.6 Å². The van der Waals surface area contributed by atoms with Crippen LogP contribution in [-0.4, -0.2) is 23.2 Å². The molecule has 2 aliphatic heterocycles. The summed E-state index contributed by atoms with van der Waals surface area (Å²) in [6.45, 7) is 11.9. The summed E-state index contributed by atoms with van der Waals surface area (Å²) >= 11 is 0. The smallest absolute Gasteiger partial charge is 0.247 e. The number of hydrogen-bond donors (Lipinski definition) is 0. The average Bonchev–Trinajstić information content (AvgIpc) is 3.45. The molecule has 0 bridgehead atoms. The van der Waals surface area contributed by atoms with E-state index in [-0.39, 0.29) is 11.3 Å². The van der Waals surface area contributed by atoms with E-state index in [0.29, 0.717) is 13.0 Å². The zero-order valence-corrected chi connectivity index (χ0v) is 29.1. The lowest BCUT2D eigenvalue weighted by molar-refractivity contribution is -0.116. The lowest BCUT2D eigenvalue weighted by Crippen LogP contribution is -2.28. The Hall–Kier alpha value is -3.69. The molecule has 2 aliphatic rings. The van der Waals surface area contributed by atoms with E-state index >= 15 is 0 Å². The van der Waals surface area contributed by atoms with Crippen LogP contribution in [0.3, 0.4) is 0 Å². The number of rotatable bonds is 19. The molecule has 2 aromatic rings. The molecule has 0 aliphatic carbocycles. The molecule has 1 amide bonds. The zero-order valence-electron chi connectivity index (χ0n) is 29.1. The number of benzene rings is 2. The van der Waals surface area contributed by atoms with Crippen LogP contribution in [-0.2, 0) is 23.2 Å². The van der Waals surface area contributed by atoms with Gasteiger partial charge in [-0.1, -0.05) is 122 Å². The number of carbonyl (C=O) groups is 1. The van der Waals surface area contributed by atoms with Gasteiger partial charge in [-0.05, 0) is 64.9 Å². The molecule has 246 valence electrons. The van der Waals surface area contributed by atoms with Crippen molar-refractivity contribution in [2.75, 3.05) is 11.5 Å². The molecule has 5 heteroatoms. The molecule has 2 heterocycles. The molecular weight excluding hydrogens is 566 g/mol. The number of ether oxygens (including phenoxy) is 1. The van der Waals surface area contributed by atoms with E-state index < -0.39 is 0 Å². The van der Waals surface area contributed by atoms with E-state index in [0.717, 1.165) is 47.1 Å². The number of amides is 1. The van der Waals surface area contributed by atoms with Gasteiger partial charge in [0.2, 0.25) is 17.4 Å². The molecule has 2 aromatic carbocycles. The van der Waals surface area contributed by atoms with Gasteiger partial charge in [0.25, 0.3) is 0 Å². The summed E-state index contributed by atoms with van der Waals surface area (Å²) in [5.74, 6) is 1.93. The lowest BCUT2D eigenvalue weighted by Gasteiger charge is -2.26. The Morgan fingerprint density at radius 1 is 0.848 bits per heavy atom. The molecule has 0 fully saturated rings. The largest absolute Gasteiger partial charge is 0.493 e. The number of carbonyl (C=O) groups excluding carboxylic acids is 1. The Morgan fingerprint density at radius 3 is 2.11 bits per heavy atom. The van der Waals surface area contributed by atoms with Crippen molar-refractivity contribution in [3.05, 3.63) is 95.5 Å². The predicted octanol–water partition coefficient (Wildman–Crippen LogP) is 10.6. The predicted molar refractivity (Wildman–Crippen MR) is 193 cm³/mol. The van der Waals surface area contributed by atoms with Crippen LogP contribution in [0.4, 0.5) is 5.69 Å². The highest BCUT2D eigenvalue weighted by atomic mass is 16.5. The molecule has 4 rings (SSSR count). The first-order chi connectivity index (χ1) is 22.3. The van der Waals surface area contributed by atoms with Crippen LogP contribution in [0.1, 0.15) is 128 Å². The van der Waals surface area contributed by atoms with Crippen molar-refractivity contribution >= 4 is 17.4 Å². The van der Waals surface area contributed by atoms with Gasteiger partial charge in [-0.25, -0.2) is 4.90 Å². The van der Waals surface area contributed by atoms with Gasteiger partial charge in [0, 0.05) is 18.8 Å². The second-order valence-electron chi connectivity index (χ2n) is 13.9. The van der Waals surface area contributed by atoms with Crippen LogP contribution in [0.5, 0.6) is 5.75 Å². The minimum Gasteiger partial charge on any atom is -0.493 e. The third kappa shape index (κ3) is 10.7. The molecule has 0 saturated heterocycles. The summed E-state index contributed by atoms with van der Waals surface area (Å²) in [4.78, 5) is 21.2. The summed E-state index contributed by atoms with van der Waals surface area (Å²) in [7, 11) is 0. The number of anilines is 1. The quantitative estimate of drug-likeness (QED) is 0.116. The van der Waals surface area contributed by atoms with Crippen molar-refractivity contribution in [3.8, 4) is 5.75 Å². The topological polar surface area (TPSA) is 45.1 Å². The molecule has 0 radical (unpaired) electrons. The maximum absolute atomic E-state index is 12.8. The van der Waals surface area contributed by atoms with Crippen molar-refractivity contribution < 1.29 is 9.53 Å². The molecule has 0 spiro atoms. The minimum atomic E-state index is -0.0704. The summed E-state index contributed by atoms with van der Waals surface area (Å²) in [6.07, 6.45) is 27.9. The Morgan fingerprint density at radius 2 is 1.48 bits per heavy atom. The van der Waals surface area contributed by atoms with Crippen LogP contribution in [0.25, 0.3) is 0 Å². The van der Waals surface area contributed by atoms with Gasteiger partial charge >= 0.3 is 0 Å². The Bertz CT molecular complexity index is 1380. The zero-order chi connectivity index (χ0) is 32.8. The highest BCUT2D eigenvalue weighted by molar-refractivity contribution is 5.92. The first-order valence-electron chi connectivity index (χ1n) is 17.7. The number of hydrogen-bond acceptors (Lipinski definition) is 4. The van der Waals surface area contributed by atoms with Crippen LogP contribution >= 0.6 is 0 Å². The maximum Gasteiger partial charge on any atom is 0.247 e. The van der Waals surface area contributed by atoms with E-state index in [1.807, 2.05) is 41.5 Å². The van der Waals surface area contributed by atoms with Gasteiger partial charge in [-0.2, -0.15) is 0 Å². The Kier molecular flexibility index (Phi) is 13.7. The molecule has 0 atom stereocenters. The van der Waals surface area contributed by atoms with E-state index in [9.17, 15) is 4.79 Å². The SMILES string of the molecule is CCCCCCCCCCCCCCOc1ccc(CN(C(C)=O)c2ccc(CC3=N[C+]=C4C=CC=CN43)cc2)cc1C(C)(C)C. The van der Waals surface area contributed by atoms with E-state index in [1.54, 1.807) is 6.92 Å². The van der Waals surface area contributed by atoms with Crippen LogP contribution < -0.4 is 9.64 Å². The van der Waals surface area contributed by atoms with Crippen molar-refractivity contribution in [1.82, 2.24) is 4.90 Å². The fraction of sp³-hybridized carbons (Fsp3) is 0.512. The molecule has 46 heavy (non-hydrogen) atoms. The molecule has 0 N–H and O–H groups in total. The number of amidine groups is 1.